The van der Waals surface area contributed by atoms with E-state index in [-0.39, 0.29) is 5.38 Å². The first-order chi connectivity index (χ1) is 8.99. The third kappa shape index (κ3) is 3.40. The van der Waals surface area contributed by atoms with E-state index >= 15 is 0 Å². The number of hydrogen-bond acceptors (Lipinski definition) is 0. The van der Waals surface area contributed by atoms with E-state index in [2.05, 4.69) is 73.1 Å². The van der Waals surface area contributed by atoms with Gasteiger partial charge < -0.3 is 0 Å². The second-order valence-electron chi connectivity index (χ2n) is 5.08. The molecule has 0 saturated carbocycles. The van der Waals surface area contributed by atoms with Crippen LogP contribution in [0.4, 0.5) is 0 Å². The molecule has 0 radical (unpaired) electrons. The zero-order chi connectivity index (χ0) is 14.0. The highest BCUT2D eigenvalue weighted by atomic mass is 79.9. The molecule has 0 aliphatic carbocycles. The zero-order valence-corrected chi connectivity index (χ0v) is 13.8. The molecule has 0 amide bonds. The predicted octanol–water partition coefficient (Wildman–Crippen LogP) is 5.90. The van der Waals surface area contributed by atoms with Gasteiger partial charge in [-0.15, -0.1) is 11.6 Å². The van der Waals surface area contributed by atoms with Crippen LogP contribution in [0.5, 0.6) is 0 Å². The summed E-state index contributed by atoms with van der Waals surface area (Å²) in [5.41, 5.74) is 6.31. The Morgan fingerprint density at radius 1 is 1.05 bits per heavy atom. The topological polar surface area (TPSA) is 0 Å². The number of aryl methyl sites for hydroxylation is 3. The van der Waals surface area contributed by atoms with E-state index < -0.39 is 0 Å². The standard InChI is InChI=1S/C17H18BrCl/c1-11-7-8-12(2)14(9-11)10-16(19)15-6-4-5-13(3)17(15)18/h4-9,16H,10H2,1-3H3. The highest BCUT2D eigenvalue weighted by molar-refractivity contribution is 9.10. The molecule has 1 atom stereocenters. The summed E-state index contributed by atoms with van der Waals surface area (Å²) in [4.78, 5) is 0. The molecular formula is C17H18BrCl. The maximum atomic E-state index is 6.61. The highest BCUT2D eigenvalue weighted by Crippen LogP contribution is 2.33. The van der Waals surface area contributed by atoms with Gasteiger partial charge in [0, 0.05) is 4.47 Å². The predicted molar refractivity (Wildman–Crippen MR) is 87.1 cm³/mol. The third-order valence-electron chi connectivity index (χ3n) is 3.46. The van der Waals surface area contributed by atoms with Crippen molar-refractivity contribution in [3.05, 3.63) is 68.7 Å². The molecule has 2 aromatic carbocycles. The van der Waals surface area contributed by atoms with E-state index in [0.717, 1.165) is 10.9 Å². The number of benzene rings is 2. The lowest BCUT2D eigenvalue weighted by Crippen LogP contribution is -2.00. The van der Waals surface area contributed by atoms with Gasteiger partial charge in [0.25, 0.3) is 0 Å². The summed E-state index contributed by atoms with van der Waals surface area (Å²) in [7, 11) is 0. The van der Waals surface area contributed by atoms with Gasteiger partial charge in [-0.3, -0.25) is 0 Å². The molecule has 0 heterocycles. The van der Waals surface area contributed by atoms with Gasteiger partial charge in [0.1, 0.15) is 0 Å². The number of rotatable bonds is 3. The first-order valence-corrected chi connectivity index (χ1v) is 7.67. The van der Waals surface area contributed by atoms with Crippen molar-refractivity contribution in [2.75, 3.05) is 0 Å². The molecule has 0 spiro atoms. The van der Waals surface area contributed by atoms with Crippen LogP contribution in [0.25, 0.3) is 0 Å². The van der Waals surface area contributed by atoms with Crippen LogP contribution >= 0.6 is 27.5 Å². The molecular weight excluding hydrogens is 320 g/mol. The molecule has 0 nitrogen and oxygen atoms in total. The van der Waals surface area contributed by atoms with Gasteiger partial charge in [0.2, 0.25) is 0 Å². The van der Waals surface area contributed by atoms with Crippen LogP contribution in [0, 0.1) is 20.8 Å². The number of alkyl halides is 1. The summed E-state index contributed by atoms with van der Waals surface area (Å²) in [6.45, 7) is 6.35. The number of hydrogen-bond donors (Lipinski definition) is 0. The Balaban J connectivity index is 2.28. The van der Waals surface area contributed by atoms with Crippen LogP contribution in [0.1, 0.15) is 33.2 Å². The molecule has 0 bridgehead atoms. The minimum atomic E-state index is -0.00484. The fourth-order valence-corrected chi connectivity index (χ4v) is 3.26. The SMILES string of the molecule is Cc1ccc(C)c(CC(Cl)c2cccc(C)c2Br)c1. The summed E-state index contributed by atoms with van der Waals surface area (Å²) < 4.78 is 1.13. The summed E-state index contributed by atoms with van der Waals surface area (Å²) >= 11 is 10.3. The van der Waals surface area contributed by atoms with Crippen LogP contribution in [-0.4, -0.2) is 0 Å². The van der Waals surface area contributed by atoms with Crippen molar-refractivity contribution in [3.63, 3.8) is 0 Å². The molecule has 0 N–H and O–H groups in total. The molecule has 2 heteroatoms. The van der Waals surface area contributed by atoms with E-state index in [0.29, 0.717) is 0 Å². The first-order valence-electron chi connectivity index (χ1n) is 6.44. The van der Waals surface area contributed by atoms with Crippen LogP contribution < -0.4 is 0 Å². The van der Waals surface area contributed by atoms with Crippen LogP contribution in [0.2, 0.25) is 0 Å². The van der Waals surface area contributed by atoms with Crippen molar-refractivity contribution in [2.24, 2.45) is 0 Å². The van der Waals surface area contributed by atoms with Gasteiger partial charge in [-0.2, -0.15) is 0 Å². The second kappa shape index (κ2) is 6.11. The number of halogens is 2. The Bertz CT molecular complexity index is 590. The van der Waals surface area contributed by atoms with Crippen LogP contribution in [0.3, 0.4) is 0 Å². The lowest BCUT2D eigenvalue weighted by atomic mass is 9.98. The first kappa shape index (κ1) is 14.6. The van der Waals surface area contributed by atoms with Gasteiger partial charge in [-0.05, 0) is 49.4 Å². The van der Waals surface area contributed by atoms with Crippen molar-refractivity contribution < 1.29 is 0 Å². The van der Waals surface area contributed by atoms with Gasteiger partial charge >= 0.3 is 0 Å². The largest absolute Gasteiger partial charge is 0.117 e. The molecule has 0 saturated heterocycles. The molecule has 2 aromatic rings. The fraction of sp³-hybridized carbons (Fsp3) is 0.294. The van der Waals surface area contributed by atoms with E-state index in [9.17, 15) is 0 Å². The van der Waals surface area contributed by atoms with Gasteiger partial charge in [-0.1, -0.05) is 57.9 Å². The molecule has 0 aromatic heterocycles. The van der Waals surface area contributed by atoms with Crippen molar-refractivity contribution >= 4 is 27.5 Å². The van der Waals surface area contributed by atoms with Crippen LogP contribution in [-0.2, 0) is 6.42 Å². The van der Waals surface area contributed by atoms with Crippen molar-refractivity contribution in [2.45, 2.75) is 32.6 Å². The Morgan fingerprint density at radius 2 is 1.79 bits per heavy atom. The lowest BCUT2D eigenvalue weighted by molar-refractivity contribution is 0.902. The Labute approximate surface area is 128 Å². The molecule has 100 valence electrons. The van der Waals surface area contributed by atoms with Crippen molar-refractivity contribution in [1.29, 1.82) is 0 Å². The highest BCUT2D eigenvalue weighted by Gasteiger charge is 2.14. The molecule has 0 aliphatic heterocycles. The van der Waals surface area contributed by atoms with Crippen molar-refractivity contribution in [3.8, 4) is 0 Å². The maximum absolute atomic E-state index is 6.61. The fourth-order valence-electron chi connectivity index (χ4n) is 2.24. The maximum Gasteiger partial charge on any atom is 0.0636 e. The van der Waals surface area contributed by atoms with E-state index in [1.807, 2.05) is 0 Å². The normalized spacial score (nSPS) is 12.5. The quantitative estimate of drug-likeness (QED) is 0.612. The third-order valence-corrected chi connectivity index (χ3v) is 4.94. The van der Waals surface area contributed by atoms with Gasteiger partial charge in [-0.25, -0.2) is 0 Å². The van der Waals surface area contributed by atoms with Crippen LogP contribution in [0.15, 0.2) is 40.9 Å². The minimum Gasteiger partial charge on any atom is -0.117 e. The van der Waals surface area contributed by atoms with E-state index in [1.165, 1.54) is 27.8 Å². The molecule has 1 unspecified atom stereocenters. The lowest BCUT2D eigenvalue weighted by Gasteiger charge is -2.15. The minimum absolute atomic E-state index is 0.00484. The molecule has 0 fully saturated rings. The summed E-state index contributed by atoms with van der Waals surface area (Å²) in [6, 6.07) is 12.8. The van der Waals surface area contributed by atoms with E-state index in [4.69, 9.17) is 11.6 Å². The zero-order valence-electron chi connectivity index (χ0n) is 11.5. The smallest absolute Gasteiger partial charge is 0.0636 e. The van der Waals surface area contributed by atoms with Gasteiger partial charge in [0.05, 0.1) is 5.38 Å². The monoisotopic (exact) mass is 336 g/mol. The second-order valence-corrected chi connectivity index (χ2v) is 6.40. The average molecular weight is 338 g/mol. The Morgan fingerprint density at radius 3 is 2.53 bits per heavy atom. The molecule has 19 heavy (non-hydrogen) atoms. The van der Waals surface area contributed by atoms with Crippen molar-refractivity contribution in [1.82, 2.24) is 0 Å². The average Bonchev–Trinajstić information content (AvgIpc) is 2.37. The summed E-state index contributed by atoms with van der Waals surface area (Å²) in [6.07, 6.45) is 0.858. The Hall–Kier alpha value is -0.790. The molecule has 0 aliphatic rings. The summed E-state index contributed by atoms with van der Waals surface area (Å²) in [5, 5.41) is -0.00484. The van der Waals surface area contributed by atoms with Gasteiger partial charge in [0.15, 0.2) is 0 Å². The Kier molecular flexibility index (Phi) is 4.70. The summed E-state index contributed by atoms with van der Waals surface area (Å²) in [5.74, 6) is 0. The van der Waals surface area contributed by atoms with E-state index in [1.54, 1.807) is 0 Å². The molecule has 2 rings (SSSR count).